The largest absolute Gasteiger partial charge is 0.478 e. The van der Waals surface area contributed by atoms with E-state index in [2.05, 4.69) is 36.3 Å². The predicted molar refractivity (Wildman–Crippen MR) is 106 cm³/mol. The van der Waals surface area contributed by atoms with Crippen LogP contribution in [0, 0.1) is 6.92 Å². The lowest BCUT2D eigenvalue weighted by Gasteiger charge is -2.13. The average molecular weight is 367 g/mol. The van der Waals surface area contributed by atoms with Crippen molar-refractivity contribution >= 4 is 28.8 Å². The first-order chi connectivity index (χ1) is 12.5. The van der Waals surface area contributed by atoms with Crippen LogP contribution in [0.15, 0.2) is 36.4 Å². The van der Waals surface area contributed by atoms with Crippen LogP contribution in [0.1, 0.15) is 40.3 Å². The number of nitrogens with zero attached hydrogens (tertiary/aromatic N) is 2. The van der Waals surface area contributed by atoms with Crippen LogP contribution in [0.4, 0.5) is 11.5 Å². The van der Waals surface area contributed by atoms with Gasteiger partial charge in [0.05, 0.1) is 10.4 Å². The fourth-order valence-corrected chi connectivity index (χ4v) is 3.64. The zero-order valence-electron chi connectivity index (χ0n) is 15.0. The van der Waals surface area contributed by atoms with Gasteiger partial charge in [-0.05, 0) is 56.2 Å². The van der Waals surface area contributed by atoms with Crippen molar-refractivity contribution in [3.8, 4) is 10.7 Å². The van der Waals surface area contributed by atoms with E-state index in [4.69, 9.17) is 10.1 Å². The number of carbonyl (C=O) groups is 1. The van der Waals surface area contributed by atoms with Crippen LogP contribution < -0.4 is 5.32 Å². The molecule has 2 N–H and O–H groups in total. The van der Waals surface area contributed by atoms with Gasteiger partial charge < -0.3 is 10.4 Å². The molecule has 0 saturated carbocycles. The van der Waals surface area contributed by atoms with Gasteiger partial charge in [-0.25, -0.2) is 14.8 Å². The highest BCUT2D eigenvalue weighted by Crippen LogP contribution is 2.30. The van der Waals surface area contributed by atoms with Crippen molar-refractivity contribution in [3.63, 3.8) is 0 Å². The van der Waals surface area contributed by atoms with Crippen molar-refractivity contribution < 1.29 is 9.90 Å². The van der Waals surface area contributed by atoms with Crippen LogP contribution in [-0.4, -0.2) is 21.0 Å². The topological polar surface area (TPSA) is 75.1 Å². The van der Waals surface area contributed by atoms with Crippen molar-refractivity contribution in [2.24, 2.45) is 0 Å². The number of hydrogen-bond acceptors (Lipinski definition) is 5. The number of rotatable bonds is 6. The average Bonchev–Trinajstić information content (AvgIpc) is 3.11. The predicted octanol–water partition coefficient (Wildman–Crippen LogP) is 5.08. The first-order valence-electron chi connectivity index (χ1n) is 8.58. The summed E-state index contributed by atoms with van der Waals surface area (Å²) in [6.07, 6.45) is 1.81. The van der Waals surface area contributed by atoms with Gasteiger partial charge in [0.25, 0.3) is 0 Å². The number of hydrogen-bond donors (Lipinski definition) is 2. The summed E-state index contributed by atoms with van der Waals surface area (Å²) in [4.78, 5) is 22.8. The standard InChI is InChI=1S/C20H21N3O2S/c1-4-15-10-11-17(26-15)19-21-12(3)16(5-2)18(23-19)22-14-8-6-13(7-9-14)20(24)25/h6-11H,4-5H2,1-3H3,(H,24,25)(H,21,22,23). The molecule has 0 bridgehead atoms. The Hall–Kier alpha value is -2.73. The molecule has 1 aromatic carbocycles. The highest BCUT2D eigenvalue weighted by atomic mass is 32.1. The van der Waals surface area contributed by atoms with Crippen molar-refractivity contribution in [2.75, 3.05) is 5.32 Å². The van der Waals surface area contributed by atoms with Crippen molar-refractivity contribution in [1.29, 1.82) is 0 Å². The van der Waals surface area contributed by atoms with Crippen LogP contribution in [0.25, 0.3) is 10.7 Å². The molecular formula is C20H21N3O2S. The summed E-state index contributed by atoms with van der Waals surface area (Å²) in [5, 5.41) is 12.4. The molecule has 0 radical (unpaired) electrons. The summed E-state index contributed by atoms with van der Waals surface area (Å²) < 4.78 is 0. The van der Waals surface area contributed by atoms with Crippen LogP contribution in [-0.2, 0) is 12.8 Å². The SMILES string of the molecule is CCc1ccc(-c2nc(C)c(CC)c(Nc3ccc(C(=O)O)cc3)n2)s1. The van der Waals surface area contributed by atoms with Gasteiger partial charge >= 0.3 is 5.97 Å². The first-order valence-corrected chi connectivity index (χ1v) is 9.40. The number of anilines is 2. The number of thiophene rings is 1. The van der Waals surface area contributed by atoms with E-state index in [1.165, 1.54) is 4.88 Å². The molecule has 2 heterocycles. The maximum absolute atomic E-state index is 11.0. The number of aromatic carboxylic acids is 1. The highest BCUT2D eigenvalue weighted by Gasteiger charge is 2.14. The Balaban J connectivity index is 1.97. The van der Waals surface area contributed by atoms with Gasteiger partial charge in [0.15, 0.2) is 5.82 Å². The van der Waals surface area contributed by atoms with Gasteiger partial charge in [0.2, 0.25) is 0 Å². The number of nitrogens with one attached hydrogen (secondary N) is 1. The number of benzene rings is 1. The highest BCUT2D eigenvalue weighted by molar-refractivity contribution is 7.15. The Kier molecular flexibility index (Phi) is 5.32. The number of carboxylic acid groups (broad SMARTS) is 1. The Labute approximate surface area is 156 Å². The van der Waals surface area contributed by atoms with E-state index in [0.29, 0.717) is 5.82 Å². The molecule has 0 aliphatic rings. The van der Waals surface area contributed by atoms with E-state index in [1.807, 2.05) is 6.92 Å². The molecule has 0 aliphatic carbocycles. The van der Waals surface area contributed by atoms with E-state index in [0.717, 1.165) is 40.5 Å². The van der Waals surface area contributed by atoms with Gasteiger partial charge in [-0.2, -0.15) is 0 Å². The Bertz CT molecular complexity index is 933. The van der Waals surface area contributed by atoms with Gasteiger partial charge in [-0.3, -0.25) is 0 Å². The minimum Gasteiger partial charge on any atom is -0.478 e. The second-order valence-electron chi connectivity index (χ2n) is 5.94. The normalized spacial score (nSPS) is 10.7. The zero-order chi connectivity index (χ0) is 18.7. The molecule has 0 aliphatic heterocycles. The van der Waals surface area contributed by atoms with Gasteiger partial charge in [-0.1, -0.05) is 13.8 Å². The van der Waals surface area contributed by atoms with E-state index in [-0.39, 0.29) is 5.56 Å². The van der Waals surface area contributed by atoms with Crippen LogP contribution in [0.2, 0.25) is 0 Å². The molecule has 0 saturated heterocycles. The summed E-state index contributed by atoms with van der Waals surface area (Å²) in [5.74, 6) is 0.550. The van der Waals surface area contributed by atoms with Gasteiger partial charge in [0.1, 0.15) is 5.82 Å². The number of carboxylic acids is 1. The minimum absolute atomic E-state index is 0.261. The molecule has 134 valence electrons. The minimum atomic E-state index is -0.935. The van der Waals surface area contributed by atoms with E-state index < -0.39 is 5.97 Å². The van der Waals surface area contributed by atoms with Crippen LogP contribution in [0.5, 0.6) is 0 Å². The maximum atomic E-state index is 11.0. The maximum Gasteiger partial charge on any atom is 0.335 e. The number of aryl methyl sites for hydroxylation is 2. The molecule has 3 aromatic rings. The van der Waals surface area contributed by atoms with E-state index >= 15 is 0 Å². The summed E-state index contributed by atoms with van der Waals surface area (Å²) in [6.45, 7) is 6.21. The summed E-state index contributed by atoms with van der Waals surface area (Å²) >= 11 is 1.71. The molecule has 0 fully saturated rings. The van der Waals surface area contributed by atoms with Crippen molar-refractivity contribution in [2.45, 2.75) is 33.6 Å². The smallest absolute Gasteiger partial charge is 0.335 e. The quantitative estimate of drug-likeness (QED) is 0.635. The third-order valence-corrected chi connectivity index (χ3v) is 5.42. The molecule has 2 aromatic heterocycles. The second-order valence-corrected chi connectivity index (χ2v) is 7.11. The zero-order valence-corrected chi connectivity index (χ0v) is 15.9. The molecule has 0 spiro atoms. The fraction of sp³-hybridized carbons (Fsp3) is 0.250. The first kappa shape index (κ1) is 18.1. The monoisotopic (exact) mass is 367 g/mol. The number of aromatic nitrogens is 2. The Morgan fingerprint density at radius 1 is 1.08 bits per heavy atom. The Morgan fingerprint density at radius 3 is 2.38 bits per heavy atom. The second kappa shape index (κ2) is 7.66. The van der Waals surface area contributed by atoms with E-state index in [9.17, 15) is 4.79 Å². The van der Waals surface area contributed by atoms with Crippen LogP contribution >= 0.6 is 11.3 Å². The third kappa shape index (κ3) is 3.75. The van der Waals surface area contributed by atoms with Crippen molar-refractivity contribution in [1.82, 2.24) is 9.97 Å². The molecule has 5 nitrogen and oxygen atoms in total. The van der Waals surface area contributed by atoms with Crippen LogP contribution in [0.3, 0.4) is 0 Å². The van der Waals surface area contributed by atoms with E-state index in [1.54, 1.807) is 35.6 Å². The molecule has 26 heavy (non-hydrogen) atoms. The molecular weight excluding hydrogens is 346 g/mol. The molecule has 6 heteroatoms. The lowest BCUT2D eigenvalue weighted by molar-refractivity contribution is 0.0697. The third-order valence-electron chi connectivity index (χ3n) is 4.19. The molecule has 0 amide bonds. The molecule has 3 rings (SSSR count). The lowest BCUT2D eigenvalue weighted by atomic mass is 10.1. The molecule has 0 atom stereocenters. The Morgan fingerprint density at radius 2 is 1.81 bits per heavy atom. The summed E-state index contributed by atoms with van der Waals surface area (Å²) in [6, 6.07) is 10.8. The lowest BCUT2D eigenvalue weighted by Crippen LogP contribution is -2.05. The fourth-order valence-electron chi connectivity index (χ4n) is 2.75. The molecule has 0 unspecified atom stereocenters. The van der Waals surface area contributed by atoms with Gasteiger partial charge in [0, 0.05) is 21.8 Å². The summed E-state index contributed by atoms with van der Waals surface area (Å²) in [7, 11) is 0. The summed E-state index contributed by atoms with van der Waals surface area (Å²) in [5.41, 5.74) is 3.07. The van der Waals surface area contributed by atoms with Gasteiger partial charge in [-0.15, -0.1) is 11.3 Å². The van der Waals surface area contributed by atoms with Crippen molar-refractivity contribution in [3.05, 3.63) is 58.1 Å².